The Labute approximate surface area is 313 Å². The maximum atomic E-state index is 5.67. The van der Waals surface area contributed by atoms with Gasteiger partial charge in [0.05, 0.1) is 44.1 Å². The molecule has 55 heavy (non-hydrogen) atoms. The fourth-order valence-corrected chi connectivity index (χ4v) is 10.3. The molecule has 0 aliphatic rings. The third-order valence-electron chi connectivity index (χ3n) is 12.4. The maximum absolute atomic E-state index is 5.67. The van der Waals surface area contributed by atoms with Crippen molar-refractivity contribution in [3.05, 3.63) is 170 Å². The molecule has 0 spiro atoms. The Morgan fingerprint density at radius 1 is 0.364 bits per heavy atom. The normalized spacial score (nSPS) is 12.7. The van der Waals surface area contributed by atoms with Gasteiger partial charge < -0.3 is 8.97 Å². The predicted octanol–water partition coefficient (Wildman–Crippen LogP) is 13.3. The van der Waals surface area contributed by atoms with Gasteiger partial charge in [0.15, 0.2) is 0 Å². The van der Waals surface area contributed by atoms with Crippen LogP contribution in [0.5, 0.6) is 0 Å². The van der Waals surface area contributed by atoms with Crippen molar-refractivity contribution < 1.29 is 0 Å². The van der Waals surface area contributed by atoms with Crippen molar-refractivity contribution in [2.75, 3.05) is 0 Å². The Hall–Kier alpha value is -7.43. The molecule has 6 aromatic heterocycles. The zero-order valence-corrected chi connectivity index (χ0v) is 29.5. The van der Waals surface area contributed by atoms with E-state index in [9.17, 15) is 0 Å². The Kier molecular flexibility index (Phi) is 4.99. The number of hydrogen-bond acceptors (Lipinski definition) is 1. The van der Waals surface area contributed by atoms with Crippen LogP contribution in [0.2, 0.25) is 0 Å². The summed E-state index contributed by atoms with van der Waals surface area (Å²) in [6.07, 6.45) is 0. The summed E-state index contributed by atoms with van der Waals surface area (Å²) < 4.78 is 7.32. The number of fused-ring (bicyclic) bond motifs is 17. The van der Waals surface area contributed by atoms with Gasteiger partial charge in [-0.3, -0.25) is 4.40 Å². The number of nitrogens with zero attached hydrogens (tertiary/aromatic N) is 4. The second kappa shape index (κ2) is 9.75. The molecule has 14 aromatic rings. The maximum Gasteiger partial charge on any atom is 0.146 e. The molecule has 8 aromatic carbocycles. The van der Waals surface area contributed by atoms with Crippen LogP contribution in [0.3, 0.4) is 0 Å². The minimum absolute atomic E-state index is 1.02. The van der Waals surface area contributed by atoms with Crippen molar-refractivity contribution in [3.63, 3.8) is 0 Å². The predicted molar refractivity (Wildman–Crippen MR) is 231 cm³/mol. The van der Waals surface area contributed by atoms with Gasteiger partial charge >= 0.3 is 0 Å². The molecule has 252 valence electrons. The minimum atomic E-state index is 1.02. The molecular weight excluding hydrogens is 669 g/mol. The van der Waals surface area contributed by atoms with Crippen LogP contribution >= 0.6 is 0 Å². The van der Waals surface area contributed by atoms with E-state index in [1.807, 2.05) is 0 Å². The van der Waals surface area contributed by atoms with Crippen LogP contribution in [-0.4, -0.2) is 18.4 Å². The van der Waals surface area contributed by atoms with E-state index >= 15 is 0 Å². The van der Waals surface area contributed by atoms with Crippen molar-refractivity contribution in [3.8, 4) is 16.8 Å². The molecule has 0 saturated heterocycles. The molecule has 0 fully saturated rings. The van der Waals surface area contributed by atoms with Gasteiger partial charge in [0, 0.05) is 59.7 Å². The van der Waals surface area contributed by atoms with Crippen molar-refractivity contribution in [2.24, 2.45) is 0 Å². The second-order valence-corrected chi connectivity index (χ2v) is 15.1. The lowest BCUT2D eigenvalue weighted by molar-refractivity contribution is 1.18. The van der Waals surface area contributed by atoms with Crippen molar-refractivity contribution >= 4 is 109 Å². The Morgan fingerprint density at radius 2 is 1.04 bits per heavy atom. The SMILES string of the molecule is c1ccc(-n2c3ccccc3c3cc(-c4cccc5c6cccc7c8nc9c(cc8n(c45)c67)c4c5ccccc5cc5c6ccccc6n9c54)ccc32)cc1. The molecule has 0 N–H and O–H groups in total. The zero-order chi connectivity index (χ0) is 35.5. The summed E-state index contributed by atoms with van der Waals surface area (Å²) in [5.41, 5.74) is 14.1. The highest BCUT2D eigenvalue weighted by Crippen LogP contribution is 2.47. The smallest absolute Gasteiger partial charge is 0.146 e. The summed E-state index contributed by atoms with van der Waals surface area (Å²) in [5, 5.41) is 13.7. The van der Waals surface area contributed by atoms with Gasteiger partial charge in [0.25, 0.3) is 0 Å². The summed E-state index contributed by atoms with van der Waals surface area (Å²) >= 11 is 0. The van der Waals surface area contributed by atoms with Crippen LogP contribution in [0, 0.1) is 0 Å². The molecule has 0 radical (unpaired) electrons. The highest BCUT2D eigenvalue weighted by molar-refractivity contribution is 6.33. The quantitative estimate of drug-likeness (QED) is 0.177. The van der Waals surface area contributed by atoms with Crippen molar-refractivity contribution in [1.29, 1.82) is 0 Å². The molecule has 0 unspecified atom stereocenters. The lowest BCUT2D eigenvalue weighted by Gasteiger charge is -2.09. The number of pyridine rings is 1. The van der Waals surface area contributed by atoms with E-state index in [0.717, 1.165) is 16.7 Å². The van der Waals surface area contributed by atoms with Gasteiger partial charge in [-0.25, -0.2) is 4.98 Å². The Bertz CT molecular complexity index is 3940. The number of benzene rings is 8. The summed E-state index contributed by atoms with van der Waals surface area (Å²) in [4.78, 5) is 5.67. The van der Waals surface area contributed by atoms with Crippen LogP contribution in [-0.2, 0) is 0 Å². The van der Waals surface area contributed by atoms with Gasteiger partial charge in [-0.05, 0) is 64.9 Å². The molecule has 0 bridgehead atoms. The third-order valence-corrected chi connectivity index (χ3v) is 12.4. The van der Waals surface area contributed by atoms with Gasteiger partial charge in [-0.15, -0.1) is 0 Å². The first kappa shape index (κ1) is 28.1. The Balaban J connectivity index is 1.13. The Morgan fingerprint density at radius 3 is 1.91 bits per heavy atom. The lowest BCUT2D eigenvalue weighted by atomic mass is 9.99. The van der Waals surface area contributed by atoms with Crippen LogP contribution in [0.4, 0.5) is 0 Å². The standard InChI is InChI=1S/C51H28N4/c1-2-13-31(14-3-1)53-42-22-8-6-16-34(42)39-26-30(24-25-44(39)53)33-18-10-19-36-37-20-11-21-38-47-45(54(48(33)36)49(37)38)28-41-46-32-15-5-4-12-29(32)27-40-35-17-7-9-23-43(35)55(50(40)46)51(41)52-47/h1-28H. The molecular formula is C51H28N4. The number of aromatic nitrogens is 4. The molecule has 4 nitrogen and oxygen atoms in total. The van der Waals surface area contributed by atoms with Gasteiger partial charge in [0.2, 0.25) is 0 Å². The van der Waals surface area contributed by atoms with Crippen LogP contribution in [0.1, 0.15) is 0 Å². The number of rotatable bonds is 2. The average molecular weight is 697 g/mol. The topological polar surface area (TPSA) is 26.6 Å². The fourth-order valence-electron chi connectivity index (χ4n) is 10.3. The van der Waals surface area contributed by atoms with Gasteiger partial charge in [-0.2, -0.15) is 0 Å². The highest BCUT2D eigenvalue weighted by Gasteiger charge is 2.25. The highest BCUT2D eigenvalue weighted by atomic mass is 15.0. The molecule has 0 aliphatic carbocycles. The zero-order valence-electron chi connectivity index (χ0n) is 29.5. The molecule has 0 saturated carbocycles. The summed E-state index contributed by atoms with van der Waals surface area (Å²) in [7, 11) is 0. The second-order valence-electron chi connectivity index (χ2n) is 15.1. The van der Waals surface area contributed by atoms with E-state index in [1.165, 1.54) is 109 Å². The largest absolute Gasteiger partial charge is 0.309 e. The van der Waals surface area contributed by atoms with E-state index < -0.39 is 0 Å². The summed E-state index contributed by atoms with van der Waals surface area (Å²) in [6, 6.07) is 62.5. The molecule has 0 amide bonds. The van der Waals surface area contributed by atoms with E-state index in [4.69, 9.17) is 4.98 Å². The number of para-hydroxylation sites is 5. The van der Waals surface area contributed by atoms with E-state index in [1.54, 1.807) is 0 Å². The lowest BCUT2D eigenvalue weighted by Crippen LogP contribution is -1.93. The van der Waals surface area contributed by atoms with Gasteiger partial charge in [-0.1, -0.05) is 121 Å². The monoisotopic (exact) mass is 696 g/mol. The van der Waals surface area contributed by atoms with Crippen LogP contribution in [0.25, 0.3) is 126 Å². The number of hydrogen-bond donors (Lipinski definition) is 0. The third kappa shape index (κ3) is 3.33. The van der Waals surface area contributed by atoms with Crippen LogP contribution in [0.15, 0.2) is 170 Å². The first-order chi connectivity index (χ1) is 27.3. The minimum Gasteiger partial charge on any atom is -0.309 e. The average Bonchev–Trinajstić information content (AvgIpc) is 4.03. The van der Waals surface area contributed by atoms with Crippen LogP contribution < -0.4 is 0 Å². The van der Waals surface area contributed by atoms with E-state index in [2.05, 4.69) is 183 Å². The van der Waals surface area contributed by atoms with E-state index in [-0.39, 0.29) is 0 Å². The first-order valence-corrected chi connectivity index (χ1v) is 19.0. The van der Waals surface area contributed by atoms with Crippen molar-refractivity contribution in [1.82, 2.24) is 18.4 Å². The molecule has 0 aliphatic heterocycles. The summed E-state index contributed by atoms with van der Waals surface area (Å²) in [5.74, 6) is 0. The summed E-state index contributed by atoms with van der Waals surface area (Å²) in [6.45, 7) is 0. The fraction of sp³-hybridized carbons (Fsp3) is 0. The van der Waals surface area contributed by atoms with Gasteiger partial charge in [0.1, 0.15) is 5.65 Å². The van der Waals surface area contributed by atoms with E-state index in [0.29, 0.717) is 0 Å². The van der Waals surface area contributed by atoms with Crippen molar-refractivity contribution in [2.45, 2.75) is 0 Å². The molecule has 6 heterocycles. The molecule has 14 rings (SSSR count). The first-order valence-electron chi connectivity index (χ1n) is 19.0. The molecule has 0 atom stereocenters. The molecule has 4 heteroatoms.